The van der Waals surface area contributed by atoms with Crippen LogP contribution in [0.1, 0.15) is 47.9 Å². The van der Waals surface area contributed by atoms with E-state index in [0.29, 0.717) is 18.7 Å². The van der Waals surface area contributed by atoms with E-state index in [2.05, 4.69) is 0 Å². The van der Waals surface area contributed by atoms with Crippen LogP contribution in [0.15, 0.2) is 30.3 Å². The van der Waals surface area contributed by atoms with Crippen molar-refractivity contribution in [3.8, 4) is 5.69 Å². The van der Waals surface area contributed by atoms with E-state index in [9.17, 15) is 13.2 Å². The zero-order chi connectivity index (χ0) is 19.0. The topological polar surface area (TPSA) is 72.3 Å². The molecule has 1 aromatic heterocycles. The van der Waals surface area contributed by atoms with Crippen LogP contribution in [0.3, 0.4) is 0 Å². The third-order valence-electron chi connectivity index (χ3n) is 5.63. The smallest absolute Gasteiger partial charge is 0.274 e. The summed E-state index contributed by atoms with van der Waals surface area (Å²) >= 11 is 0. The molecule has 0 saturated carbocycles. The van der Waals surface area contributed by atoms with Gasteiger partial charge in [-0.05, 0) is 51.2 Å². The predicted octanol–water partition coefficient (Wildman–Crippen LogP) is 2.40. The monoisotopic (exact) mass is 387 g/mol. The van der Waals surface area contributed by atoms with E-state index >= 15 is 0 Å². The molecule has 27 heavy (non-hydrogen) atoms. The molecule has 0 radical (unpaired) electrons. The molecule has 0 spiro atoms. The summed E-state index contributed by atoms with van der Waals surface area (Å²) in [5.74, 6) is 0.0963. The summed E-state index contributed by atoms with van der Waals surface area (Å²) in [5.41, 5.74) is 3.61. The molecule has 1 atom stereocenters. The number of hydrogen-bond donors (Lipinski definition) is 0. The van der Waals surface area contributed by atoms with Gasteiger partial charge in [0.25, 0.3) is 5.91 Å². The predicted molar refractivity (Wildman–Crippen MR) is 104 cm³/mol. The van der Waals surface area contributed by atoms with E-state index in [1.807, 2.05) is 41.9 Å². The second kappa shape index (κ2) is 7.11. The molecule has 1 unspecified atom stereocenters. The Bertz CT molecular complexity index is 950. The maximum Gasteiger partial charge on any atom is 0.274 e. The van der Waals surface area contributed by atoms with Gasteiger partial charge in [0, 0.05) is 23.8 Å². The molecule has 2 heterocycles. The lowest BCUT2D eigenvalue weighted by Gasteiger charge is -2.26. The Morgan fingerprint density at radius 2 is 1.96 bits per heavy atom. The number of benzene rings is 1. The Morgan fingerprint density at radius 3 is 2.63 bits per heavy atom. The lowest BCUT2D eigenvalue weighted by molar-refractivity contribution is 0.0700. The molecular formula is C20H25N3O3S. The van der Waals surface area contributed by atoms with Crippen molar-refractivity contribution < 1.29 is 13.2 Å². The van der Waals surface area contributed by atoms with E-state index < -0.39 is 9.84 Å². The number of carbonyl (C=O) groups excluding carboxylic acids is 1. The average molecular weight is 388 g/mol. The molecule has 1 aliphatic heterocycles. The van der Waals surface area contributed by atoms with Gasteiger partial charge in [0.2, 0.25) is 0 Å². The Labute approximate surface area is 160 Å². The lowest BCUT2D eigenvalue weighted by Crippen LogP contribution is -2.41. The van der Waals surface area contributed by atoms with Crippen LogP contribution < -0.4 is 0 Å². The Morgan fingerprint density at radius 1 is 1.22 bits per heavy atom. The van der Waals surface area contributed by atoms with Crippen molar-refractivity contribution in [2.45, 2.75) is 45.1 Å². The third kappa shape index (κ3) is 3.40. The molecule has 7 heteroatoms. The minimum atomic E-state index is -3.04. The van der Waals surface area contributed by atoms with Gasteiger partial charge in [-0.3, -0.25) is 4.79 Å². The van der Waals surface area contributed by atoms with Crippen LogP contribution in [-0.4, -0.2) is 53.1 Å². The quantitative estimate of drug-likeness (QED) is 0.808. The van der Waals surface area contributed by atoms with Crippen molar-refractivity contribution in [3.63, 3.8) is 0 Å². The zero-order valence-corrected chi connectivity index (χ0v) is 16.4. The third-order valence-corrected chi connectivity index (χ3v) is 7.38. The van der Waals surface area contributed by atoms with Crippen LogP contribution in [0.5, 0.6) is 0 Å². The number of hydrogen-bond acceptors (Lipinski definition) is 4. The SMILES string of the molecule is CCN(C(=O)c1nn(-c2ccccc2)c2c1CCCC2)C1CCS(=O)(=O)C1. The molecule has 2 aliphatic rings. The number of rotatable bonds is 4. The summed E-state index contributed by atoms with van der Waals surface area (Å²) in [6, 6.07) is 9.65. The molecule has 1 aliphatic carbocycles. The van der Waals surface area contributed by atoms with E-state index in [4.69, 9.17) is 5.10 Å². The van der Waals surface area contributed by atoms with Crippen LogP contribution in [-0.2, 0) is 22.7 Å². The summed E-state index contributed by atoms with van der Waals surface area (Å²) in [7, 11) is -3.04. The van der Waals surface area contributed by atoms with Gasteiger partial charge in [0.1, 0.15) is 0 Å². The van der Waals surface area contributed by atoms with E-state index in [1.54, 1.807) is 4.90 Å². The van der Waals surface area contributed by atoms with Crippen LogP contribution >= 0.6 is 0 Å². The maximum atomic E-state index is 13.3. The number of amides is 1. The Balaban J connectivity index is 1.72. The van der Waals surface area contributed by atoms with Gasteiger partial charge in [-0.15, -0.1) is 0 Å². The highest BCUT2D eigenvalue weighted by molar-refractivity contribution is 7.91. The fourth-order valence-corrected chi connectivity index (χ4v) is 6.01. The van der Waals surface area contributed by atoms with Crippen molar-refractivity contribution in [2.24, 2.45) is 0 Å². The van der Waals surface area contributed by atoms with Gasteiger partial charge < -0.3 is 4.90 Å². The lowest BCUT2D eigenvalue weighted by atomic mass is 9.95. The Hall–Kier alpha value is -2.15. The van der Waals surface area contributed by atoms with Gasteiger partial charge in [0.05, 0.1) is 17.2 Å². The first-order valence-corrected chi connectivity index (χ1v) is 11.5. The molecule has 1 saturated heterocycles. The molecule has 1 aromatic carbocycles. The van der Waals surface area contributed by atoms with Gasteiger partial charge >= 0.3 is 0 Å². The van der Waals surface area contributed by atoms with E-state index in [0.717, 1.165) is 42.6 Å². The first-order valence-electron chi connectivity index (χ1n) is 9.68. The minimum Gasteiger partial charge on any atom is -0.333 e. The molecule has 1 amide bonds. The number of para-hydroxylation sites is 1. The van der Waals surface area contributed by atoms with Crippen molar-refractivity contribution in [1.82, 2.24) is 14.7 Å². The number of sulfone groups is 1. The average Bonchev–Trinajstić information content (AvgIpc) is 3.23. The first kappa shape index (κ1) is 18.2. The zero-order valence-electron chi connectivity index (χ0n) is 15.6. The highest BCUT2D eigenvalue weighted by atomic mass is 32.2. The van der Waals surface area contributed by atoms with Crippen LogP contribution in [0.2, 0.25) is 0 Å². The highest BCUT2D eigenvalue weighted by Crippen LogP contribution is 2.29. The summed E-state index contributed by atoms with van der Waals surface area (Å²) in [4.78, 5) is 15.1. The molecular weight excluding hydrogens is 362 g/mol. The van der Waals surface area contributed by atoms with Gasteiger partial charge in [-0.2, -0.15) is 5.10 Å². The fraction of sp³-hybridized carbons (Fsp3) is 0.500. The van der Waals surface area contributed by atoms with Crippen molar-refractivity contribution in [3.05, 3.63) is 47.3 Å². The summed E-state index contributed by atoms with van der Waals surface area (Å²) in [6.07, 6.45) is 4.43. The standard InChI is InChI=1S/C20H25N3O3S/c1-2-22(16-12-13-27(25,26)14-16)20(24)19-17-10-6-7-11-18(17)23(21-19)15-8-4-3-5-9-15/h3-5,8-9,16H,2,6-7,10-14H2,1H3. The van der Waals surface area contributed by atoms with Crippen molar-refractivity contribution in [1.29, 1.82) is 0 Å². The number of aromatic nitrogens is 2. The fourth-order valence-electron chi connectivity index (χ4n) is 4.28. The second-order valence-electron chi connectivity index (χ2n) is 7.38. The van der Waals surface area contributed by atoms with Gasteiger partial charge in [-0.1, -0.05) is 18.2 Å². The highest BCUT2D eigenvalue weighted by Gasteiger charge is 2.36. The van der Waals surface area contributed by atoms with Crippen molar-refractivity contribution in [2.75, 3.05) is 18.1 Å². The van der Waals surface area contributed by atoms with Crippen molar-refractivity contribution >= 4 is 15.7 Å². The van der Waals surface area contributed by atoms with Gasteiger partial charge in [0.15, 0.2) is 15.5 Å². The summed E-state index contributed by atoms with van der Waals surface area (Å²) < 4.78 is 25.7. The second-order valence-corrected chi connectivity index (χ2v) is 9.61. The van der Waals surface area contributed by atoms with Crippen LogP contribution in [0.4, 0.5) is 0 Å². The summed E-state index contributed by atoms with van der Waals surface area (Å²) in [6.45, 7) is 2.40. The molecule has 144 valence electrons. The maximum absolute atomic E-state index is 13.3. The molecule has 1 fully saturated rings. The van der Waals surface area contributed by atoms with Crippen LogP contribution in [0, 0.1) is 0 Å². The number of carbonyl (C=O) groups is 1. The molecule has 2 aromatic rings. The van der Waals surface area contributed by atoms with Crippen LogP contribution in [0.25, 0.3) is 5.69 Å². The molecule has 0 bridgehead atoms. The Kier molecular flexibility index (Phi) is 4.80. The molecule has 4 rings (SSSR count). The van der Waals surface area contributed by atoms with Gasteiger partial charge in [-0.25, -0.2) is 13.1 Å². The number of nitrogens with zero attached hydrogens (tertiary/aromatic N) is 3. The number of fused-ring (bicyclic) bond motifs is 1. The van der Waals surface area contributed by atoms with E-state index in [-0.39, 0.29) is 23.5 Å². The molecule has 6 nitrogen and oxygen atoms in total. The minimum absolute atomic E-state index is 0.0637. The molecule has 0 N–H and O–H groups in total. The first-order chi connectivity index (χ1) is 13.0. The van der Waals surface area contributed by atoms with E-state index in [1.165, 1.54) is 0 Å². The largest absolute Gasteiger partial charge is 0.333 e. The normalized spacial score (nSPS) is 21.0. The summed E-state index contributed by atoms with van der Waals surface area (Å²) in [5, 5.41) is 4.71.